The normalized spacial score (nSPS) is 9.88. The van der Waals surface area contributed by atoms with Gasteiger partial charge in [-0.05, 0) is 26.0 Å². The molecule has 5 nitrogen and oxygen atoms in total. The van der Waals surface area contributed by atoms with Gasteiger partial charge in [0.2, 0.25) is 0 Å². The Hall–Kier alpha value is -1.88. The van der Waals surface area contributed by atoms with Gasteiger partial charge in [-0.2, -0.15) is 0 Å². The molecule has 5 heteroatoms. The van der Waals surface area contributed by atoms with Gasteiger partial charge in [0.15, 0.2) is 6.61 Å². The van der Waals surface area contributed by atoms with E-state index in [9.17, 15) is 9.59 Å². The zero-order valence-corrected chi connectivity index (χ0v) is 9.11. The van der Waals surface area contributed by atoms with Crippen LogP contribution in [0.15, 0.2) is 18.2 Å². The Balaban J connectivity index is 2.62. The summed E-state index contributed by atoms with van der Waals surface area (Å²) in [4.78, 5) is 26.1. The van der Waals surface area contributed by atoms with E-state index in [0.29, 0.717) is 5.56 Å². The lowest BCUT2D eigenvalue weighted by atomic mass is 10.1. The highest BCUT2D eigenvalue weighted by Crippen LogP contribution is 2.08. The molecule has 0 aliphatic carbocycles. The van der Waals surface area contributed by atoms with Crippen LogP contribution in [0.25, 0.3) is 0 Å². The minimum absolute atomic E-state index is 0.447. The van der Waals surface area contributed by atoms with E-state index in [4.69, 9.17) is 5.11 Å². The van der Waals surface area contributed by atoms with Crippen molar-refractivity contribution in [3.63, 3.8) is 0 Å². The van der Waals surface area contributed by atoms with Gasteiger partial charge in [-0.1, -0.05) is 17.2 Å². The lowest BCUT2D eigenvalue weighted by Gasteiger charge is -2.05. The zero-order chi connectivity index (χ0) is 12.1. The van der Waals surface area contributed by atoms with E-state index in [1.807, 2.05) is 19.9 Å². The van der Waals surface area contributed by atoms with Gasteiger partial charge in [-0.3, -0.25) is 9.63 Å². The van der Waals surface area contributed by atoms with Gasteiger partial charge < -0.3 is 5.11 Å². The molecule has 1 aromatic rings. The predicted octanol–water partition coefficient (Wildman–Crippen LogP) is 1.05. The first-order valence-electron chi connectivity index (χ1n) is 4.71. The van der Waals surface area contributed by atoms with Crippen molar-refractivity contribution in [2.45, 2.75) is 13.8 Å². The maximum atomic E-state index is 11.5. The molecule has 0 radical (unpaired) electrons. The number of carbonyl (C=O) groups is 2. The second kappa shape index (κ2) is 5.27. The average molecular weight is 223 g/mol. The summed E-state index contributed by atoms with van der Waals surface area (Å²) in [7, 11) is 0. The highest BCUT2D eigenvalue weighted by molar-refractivity contribution is 5.93. The monoisotopic (exact) mass is 223 g/mol. The second-order valence-electron chi connectivity index (χ2n) is 3.49. The summed E-state index contributed by atoms with van der Waals surface area (Å²) in [6.07, 6.45) is 0. The fourth-order valence-corrected chi connectivity index (χ4v) is 1.33. The number of benzene rings is 1. The predicted molar refractivity (Wildman–Crippen MR) is 57.0 cm³/mol. The third-order valence-corrected chi connectivity index (χ3v) is 1.84. The van der Waals surface area contributed by atoms with Crippen molar-refractivity contribution < 1.29 is 19.5 Å². The number of aryl methyl sites for hydroxylation is 2. The zero-order valence-electron chi connectivity index (χ0n) is 9.11. The molecule has 2 N–H and O–H groups in total. The summed E-state index contributed by atoms with van der Waals surface area (Å²) in [5, 5.41) is 8.31. The molecule has 0 aliphatic heterocycles. The Bertz CT molecular complexity index is 394. The number of rotatable bonds is 4. The number of hydroxylamine groups is 1. The van der Waals surface area contributed by atoms with Gasteiger partial charge in [-0.25, -0.2) is 10.3 Å². The number of hydrogen-bond acceptors (Lipinski definition) is 3. The van der Waals surface area contributed by atoms with Crippen LogP contribution < -0.4 is 5.48 Å². The van der Waals surface area contributed by atoms with Gasteiger partial charge in [0.25, 0.3) is 5.91 Å². The minimum atomic E-state index is -1.14. The SMILES string of the molecule is Cc1cc(C)cc(C(=O)NOCC(=O)O)c1. The van der Waals surface area contributed by atoms with Crippen molar-refractivity contribution >= 4 is 11.9 Å². The van der Waals surface area contributed by atoms with Crippen molar-refractivity contribution in [3.8, 4) is 0 Å². The highest BCUT2D eigenvalue weighted by atomic mass is 16.7. The molecule has 0 fully saturated rings. The van der Waals surface area contributed by atoms with Gasteiger partial charge in [-0.15, -0.1) is 0 Å². The summed E-state index contributed by atoms with van der Waals surface area (Å²) in [6, 6.07) is 5.34. The molecule has 86 valence electrons. The second-order valence-corrected chi connectivity index (χ2v) is 3.49. The molecule has 0 atom stereocenters. The van der Waals surface area contributed by atoms with Crippen LogP contribution >= 0.6 is 0 Å². The lowest BCUT2D eigenvalue weighted by molar-refractivity contribution is -0.144. The molecule has 0 saturated carbocycles. The number of aliphatic carboxylic acids is 1. The molecule has 0 heterocycles. The molecule has 16 heavy (non-hydrogen) atoms. The first kappa shape index (κ1) is 12.2. The topological polar surface area (TPSA) is 75.6 Å². The maximum absolute atomic E-state index is 11.5. The van der Waals surface area contributed by atoms with Crippen LogP contribution in [0, 0.1) is 13.8 Å². The van der Waals surface area contributed by atoms with Crippen LogP contribution in [0.5, 0.6) is 0 Å². The first-order chi connectivity index (χ1) is 7.49. The van der Waals surface area contributed by atoms with Crippen molar-refractivity contribution in [2.24, 2.45) is 0 Å². The largest absolute Gasteiger partial charge is 0.479 e. The van der Waals surface area contributed by atoms with E-state index in [0.717, 1.165) is 11.1 Å². The lowest BCUT2D eigenvalue weighted by Crippen LogP contribution is -2.26. The van der Waals surface area contributed by atoms with Gasteiger partial charge in [0, 0.05) is 5.56 Å². The van der Waals surface area contributed by atoms with Crippen LogP contribution in [0.3, 0.4) is 0 Å². The molecular weight excluding hydrogens is 210 g/mol. The third-order valence-electron chi connectivity index (χ3n) is 1.84. The first-order valence-corrected chi connectivity index (χ1v) is 4.71. The van der Waals surface area contributed by atoms with Crippen LogP contribution in [-0.2, 0) is 9.63 Å². The fraction of sp³-hybridized carbons (Fsp3) is 0.273. The number of nitrogens with one attached hydrogen (secondary N) is 1. The van der Waals surface area contributed by atoms with E-state index in [-0.39, 0.29) is 0 Å². The minimum Gasteiger partial charge on any atom is -0.479 e. The summed E-state index contributed by atoms with van der Waals surface area (Å²) in [5.74, 6) is -1.59. The molecule has 1 amide bonds. The summed E-state index contributed by atoms with van der Waals surface area (Å²) in [5.41, 5.74) is 4.44. The van der Waals surface area contributed by atoms with Crippen LogP contribution in [0.1, 0.15) is 21.5 Å². The molecule has 0 saturated heterocycles. The number of carboxylic acids is 1. The molecule has 1 rings (SSSR count). The molecule has 1 aromatic carbocycles. The van der Waals surface area contributed by atoms with Gasteiger partial charge >= 0.3 is 5.97 Å². The van der Waals surface area contributed by atoms with Crippen molar-refractivity contribution in [1.82, 2.24) is 5.48 Å². The Morgan fingerprint density at radius 2 is 1.81 bits per heavy atom. The molecule has 0 aromatic heterocycles. The van der Waals surface area contributed by atoms with Crippen molar-refractivity contribution in [1.29, 1.82) is 0 Å². The standard InChI is InChI=1S/C11H13NO4/c1-7-3-8(2)5-9(4-7)11(15)12-16-6-10(13)14/h3-5H,6H2,1-2H3,(H,12,15)(H,13,14). The Morgan fingerprint density at radius 3 is 2.31 bits per heavy atom. The molecule has 0 aliphatic rings. The van der Waals surface area contributed by atoms with Crippen LogP contribution in [0.2, 0.25) is 0 Å². The van der Waals surface area contributed by atoms with Crippen molar-refractivity contribution in [3.05, 3.63) is 34.9 Å². The smallest absolute Gasteiger partial charge is 0.332 e. The molecule has 0 spiro atoms. The summed E-state index contributed by atoms with van der Waals surface area (Å²) < 4.78 is 0. The van der Waals surface area contributed by atoms with E-state index in [1.54, 1.807) is 12.1 Å². The Labute approximate surface area is 93.0 Å². The van der Waals surface area contributed by atoms with Gasteiger partial charge in [0.05, 0.1) is 0 Å². The van der Waals surface area contributed by atoms with E-state index >= 15 is 0 Å². The van der Waals surface area contributed by atoms with Crippen LogP contribution in [0.4, 0.5) is 0 Å². The number of hydrogen-bond donors (Lipinski definition) is 2. The molecule has 0 unspecified atom stereocenters. The van der Waals surface area contributed by atoms with Gasteiger partial charge in [0.1, 0.15) is 0 Å². The Kier molecular flexibility index (Phi) is 4.02. The fourth-order valence-electron chi connectivity index (χ4n) is 1.33. The molecular formula is C11H13NO4. The number of amides is 1. The quantitative estimate of drug-likeness (QED) is 0.748. The average Bonchev–Trinajstić information content (AvgIpc) is 2.15. The Morgan fingerprint density at radius 1 is 1.25 bits per heavy atom. The van der Waals surface area contributed by atoms with E-state index in [1.165, 1.54) is 0 Å². The summed E-state index contributed by atoms with van der Waals surface area (Å²) in [6.45, 7) is 3.19. The van der Waals surface area contributed by atoms with Crippen molar-refractivity contribution in [2.75, 3.05) is 6.61 Å². The maximum Gasteiger partial charge on any atom is 0.332 e. The van der Waals surface area contributed by atoms with E-state index in [2.05, 4.69) is 10.3 Å². The number of carboxylic acid groups (broad SMARTS) is 1. The molecule has 0 bridgehead atoms. The summed E-state index contributed by atoms with van der Waals surface area (Å²) >= 11 is 0. The number of carbonyl (C=O) groups excluding carboxylic acids is 1. The third kappa shape index (κ3) is 3.70. The van der Waals surface area contributed by atoms with E-state index < -0.39 is 18.5 Å². The van der Waals surface area contributed by atoms with Crippen LogP contribution in [-0.4, -0.2) is 23.6 Å². The highest BCUT2D eigenvalue weighted by Gasteiger charge is 2.07.